The first-order chi connectivity index (χ1) is 11.6. The molecule has 0 saturated carbocycles. The van der Waals surface area contributed by atoms with Gasteiger partial charge >= 0.3 is 0 Å². The predicted molar refractivity (Wildman–Crippen MR) is 92.0 cm³/mol. The van der Waals surface area contributed by atoms with Gasteiger partial charge in [-0.3, -0.25) is 4.79 Å². The third kappa shape index (κ3) is 5.98. The Balaban J connectivity index is 1.81. The van der Waals surface area contributed by atoms with Crippen LogP contribution in [0.5, 0.6) is 0 Å². The summed E-state index contributed by atoms with van der Waals surface area (Å²) in [7, 11) is 0. The summed E-state index contributed by atoms with van der Waals surface area (Å²) >= 11 is 1.30. The Hall–Kier alpha value is -1.86. The minimum absolute atomic E-state index is 0.0726. The number of benzene rings is 1. The molecule has 2 rings (SSSR count). The molecule has 0 unspecified atom stereocenters. The van der Waals surface area contributed by atoms with Crippen molar-refractivity contribution in [2.24, 2.45) is 5.73 Å². The van der Waals surface area contributed by atoms with Crippen molar-refractivity contribution in [2.45, 2.75) is 38.5 Å². The van der Waals surface area contributed by atoms with Crippen LogP contribution in [0.3, 0.4) is 0 Å². The van der Waals surface area contributed by atoms with E-state index in [1.54, 1.807) is 6.20 Å². The fraction of sp³-hybridized carbons (Fsp3) is 0.412. The molecule has 1 aromatic carbocycles. The lowest BCUT2D eigenvalue weighted by Crippen LogP contribution is -2.10. The van der Waals surface area contributed by atoms with Crippen LogP contribution in [0.4, 0.5) is 13.9 Å². The number of nitrogens with zero attached hydrogens (tertiary/aromatic N) is 1. The summed E-state index contributed by atoms with van der Waals surface area (Å²) in [4.78, 5) is 16.8. The van der Waals surface area contributed by atoms with Gasteiger partial charge in [-0.25, -0.2) is 13.8 Å². The smallest absolute Gasteiger partial charge is 0.226 e. The quantitative estimate of drug-likeness (QED) is 0.673. The Morgan fingerprint density at radius 2 is 2.00 bits per heavy atom. The number of halogens is 2. The number of rotatable bonds is 9. The van der Waals surface area contributed by atoms with E-state index in [1.165, 1.54) is 23.5 Å². The SMILES string of the molecule is NCCCCCCC(=O)Nc1ncc(Cc2ccc(F)cc2F)s1. The lowest BCUT2D eigenvalue weighted by Gasteiger charge is -2.02. The molecular weight excluding hydrogens is 332 g/mol. The molecule has 0 aliphatic heterocycles. The molecule has 1 aromatic heterocycles. The molecule has 0 aliphatic rings. The van der Waals surface area contributed by atoms with E-state index in [4.69, 9.17) is 5.73 Å². The minimum Gasteiger partial charge on any atom is -0.330 e. The molecule has 0 radical (unpaired) electrons. The molecule has 0 bridgehead atoms. The molecule has 24 heavy (non-hydrogen) atoms. The average Bonchev–Trinajstić information content (AvgIpc) is 2.97. The molecule has 3 N–H and O–H groups in total. The highest BCUT2D eigenvalue weighted by Gasteiger charge is 2.10. The van der Waals surface area contributed by atoms with Gasteiger partial charge in [-0.15, -0.1) is 11.3 Å². The van der Waals surface area contributed by atoms with Gasteiger partial charge in [0.15, 0.2) is 5.13 Å². The molecule has 0 spiro atoms. The zero-order chi connectivity index (χ0) is 17.4. The predicted octanol–water partition coefficient (Wildman–Crippen LogP) is 3.86. The Morgan fingerprint density at radius 1 is 1.21 bits per heavy atom. The van der Waals surface area contributed by atoms with E-state index in [2.05, 4.69) is 10.3 Å². The Labute approximate surface area is 144 Å². The maximum atomic E-state index is 13.6. The van der Waals surface area contributed by atoms with E-state index in [-0.39, 0.29) is 5.91 Å². The molecule has 0 aliphatic carbocycles. The van der Waals surface area contributed by atoms with Crippen LogP contribution in [-0.2, 0) is 11.2 Å². The van der Waals surface area contributed by atoms with Crippen molar-refractivity contribution in [3.8, 4) is 0 Å². The van der Waals surface area contributed by atoms with Gasteiger partial charge in [0.05, 0.1) is 0 Å². The topological polar surface area (TPSA) is 68.0 Å². The van der Waals surface area contributed by atoms with Gasteiger partial charge in [-0.1, -0.05) is 18.9 Å². The first kappa shape index (κ1) is 18.5. The van der Waals surface area contributed by atoms with Crippen molar-refractivity contribution in [1.29, 1.82) is 0 Å². The number of hydrogen-bond donors (Lipinski definition) is 2. The van der Waals surface area contributed by atoms with Crippen molar-refractivity contribution in [2.75, 3.05) is 11.9 Å². The van der Waals surface area contributed by atoms with Crippen LogP contribution in [0, 0.1) is 11.6 Å². The summed E-state index contributed by atoms with van der Waals surface area (Å²) in [5.74, 6) is -1.25. The number of carbonyl (C=O) groups excluding carboxylic acids is 1. The summed E-state index contributed by atoms with van der Waals surface area (Å²) < 4.78 is 26.5. The summed E-state index contributed by atoms with van der Waals surface area (Å²) in [5.41, 5.74) is 5.82. The maximum Gasteiger partial charge on any atom is 0.226 e. The van der Waals surface area contributed by atoms with Crippen molar-refractivity contribution < 1.29 is 13.6 Å². The lowest BCUT2D eigenvalue weighted by atomic mass is 10.1. The zero-order valence-corrected chi connectivity index (χ0v) is 14.2. The molecule has 1 amide bonds. The molecule has 130 valence electrons. The minimum atomic E-state index is -0.597. The van der Waals surface area contributed by atoms with Crippen LogP contribution in [0.25, 0.3) is 0 Å². The van der Waals surface area contributed by atoms with Crippen LogP contribution in [0.15, 0.2) is 24.4 Å². The molecule has 2 aromatic rings. The Bertz CT molecular complexity index is 676. The van der Waals surface area contributed by atoms with E-state index in [0.717, 1.165) is 36.6 Å². The Morgan fingerprint density at radius 3 is 2.75 bits per heavy atom. The summed E-state index contributed by atoms with van der Waals surface area (Å²) in [6.07, 6.45) is 6.20. The summed E-state index contributed by atoms with van der Waals surface area (Å²) in [6.45, 7) is 0.683. The van der Waals surface area contributed by atoms with E-state index >= 15 is 0 Å². The van der Waals surface area contributed by atoms with Crippen LogP contribution in [-0.4, -0.2) is 17.4 Å². The van der Waals surface area contributed by atoms with Gasteiger partial charge in [0, 0.05) is 30.0 Å². The summed E-state index contributed by atoms with van der Waals surface area (Å²) in [6, 6.07) is 3.51. The number of nitrogens with one attached hydrogen (secondary N) is 1. The van der Waals surface area contributed by atoms with Gasteiger partial charge in [-0.05, 0) is 31.0 Å². The third-order valence-corrected chi connectivity index (χ3v) is 4.45. The summed E-state index contributed by atoms with van der Waals surface area (Å²) in [5, 5.41) is 3.25. The molecule has 0 saturated heterocycles. The third-order valence-electron chi connectivity index (χ3n) is 3.54. The van der Waals surface area contributed by atoms with Crippen molar-refractivity contribution in [3.05, 3.63) is 46.5 Å². The van der Waals surface area contributed by atoms with Gasteiger partial charge < -0.3 is 11.1 Å². The average molecular weight is 353 g/mol. The highest BCUT2D eigenvalue weighted by molar-refractivity contribution is 7.15. The van der Waals surface area contributed by atoms with Crippen molar-refractivity contribution in [1.82, 2.24) is 4.98 Å². The monoisotopic (exact) mass is 353 g/mol. The number of carbonyl (C=O) groups is 1. The highest BCUT2D eigenvalue weighted by atomic mass is 32.1. The number of aromatic nitrogens is 1. The number of thiazole rings is 1. The van der Waals surface area contributed by atoms with E-state index < -0.39 is 11.6 Å². The normalized spacial score (nSPS) is 10.8. The van der Waals surface area contributed by atoms with Crippen molar-refractivity contribution >= 4 is 22.4 Å². The maximum absolute atomic E-state index is 13.6. The second-order valence-corrected chi connectivity index (χ2v) is 6.66. The highest BCUT2D eigenvalue weighted by Crippen LogP contribution is 2.23. The molecule has 4 nitrogen and oxygen atoms in total. The van der Waals surface area contributed by atoms with Gasteiger partial charge in [0.2, 0.25) is 5.91 Å². The zero-order valence-electron chi connectivity index (χ0n) is 13.4. The second kappa shape index (κ2) is 9.44. The largest absolute Gasteiger partial charge is 0.330 e. The van der Waals surface area contributed by atoms with Gasteiger partial charge in [-0.2, -0.15) is 0 Å². The number of amides is 1. The van der Waals surface area contributed by atoms with Gasteiger partial charge in [0.1, 0.15) is 11.6 Å². The fourth-order valence-corrected chi connectivity index (χ4v) is 3.12. The van der Waals surface area contributed by atoms with Crippen LogP contribution >= 0.6 is 11.3 Å². The van der Waals surface area contributed by atoms with Crippen molar-refractivity contribution in [3.63, 3.8) is 0 Å². The molecule has 0 atom stereocenters. The first-order valence-corrected chi connectivity index (χ1v) is 8.78. The van der Waals surface area contributed by atoms with Crippen LogP contribution < -0.4 is 11.1 Å². The van der Waals surface area contributed by atoms with E-state index in [1.807, 2.05) is 0 Å². The first-order valence-electron chi connectivity index (χ1n) is 7.97. The molecule has 7 heteroatoms. The standard InChI is InChI=1S/C17H21F2N3OS/c18-13-7-6-12(15(19)10-13)9-14-11-21-17(24-14)22-16(23)5-3-1-2-4-8-20/h6-7,10-11H,1-5,8-9,20H2,(H,21,22,23). The number of hydrogen-bond acceptors (Lipinski definition) is 4. The van der Waals surface area contributed by atoms with E-state index in [9.17, 15) is 13.6 Å². The van der Waals surface area contributed by atoms with E-state index in [0.29, 0.717) is 30.1 Å². The lowest BCUT2D eigenvalue weighted by molar-refractivity contribution is -0.116. The molecule has 0 fully saturated rings. The second-order valence-electron chi connectivity index (χ2n) is 5.55. The number of unbranched alkanes of at least 4 members (excludes halogenated alkanes) is 3. The number of anilines is 1. The van der Waals surface area contributed by atoms with Crippen LogP contribution in [0.1, 0.15) is 42.5 Å². The van der Waals surface area contributed by atoms with Crippen LogP contribution in [0.2, 0.25) is 0 Å². The molecule has 1 heterocycles. The fourth-order valence-electron chi connectivity index (χ4n) is 2.26. The van der Waals surface area contributed by atoms with Gasteiger partial charge in [0.25, 0.3) is 0 Å². The number of nitrogens with two attached hydrogens (primary N) is 1. The Kier molecular flexibility index (Phi) is 7.27. The molecular formula is C17H21F2N3OS.